The molecule has 0 aliphatic carbocycles. The Balaban J connectivity index is 2.89. The summed E-state index contributed by atoms with van der Waals surface area (Å²) in [6.07, 6.45) is 2.86. The van der Waals surface area contributed by atoms with Gasteiger partial charge in [0.15, 0.2) is 0 Å². The van der Waals surface area contributed by atoms with E-state index in [1.54, 1.807) is 24.4 Å². The van der Waals surface area contributed by atoms with Crippen LogP contribution in [0.15, 0.2) is 29.4 Å². The predicted octanol–water partition coefficient (Wildman–Crippen LogP) is 1.75. The fourth-order valence-corrected chi connectivity index (χ4v) is 0.765. The maximum atomic E-state index is 10.3. The molecule has 1 N–H and O–H groups in total. The van der Waals surface area contributed by atoms with Gasteiger partial charge in [0.25, 0.3) is 0 Å². The Morgan fingerprint density at radius 3 is 2.83 bits per heavy atom. The Hall–Kier alpha value is -1.35. The van der Waals surface area contributed by atoms with Gasteiger partial charge < -0.3 is 5.11 Å². The van der Waals surface area contributed by atoms with Crippen LogP contribution in [0.5, 0.6) is 0 Å². The number of rotatable bonds is 2. The summed E-state index contributed by atoms with van der Waals surface area (Å²) >= 11 is 5.37. The minimum absolute atomic E-state index is 0.242. The zero-order valence-corrected chi connectivity index (χ0v) is 6.82. The lowest BCUT2D eigenvalue weighted by atomic mass is 10.3. The number of hydrogen-bond donors (Lipinski definition) is 1. The lowest BCUT2D eigenvalue weighted by molar-refractivity contribution is -0.131. The van der Waals surface area contributed by atoms with Crippen LogP contribution in [-0.2, 0) is 4.79 Å². The van der Waals surface area contributed by atoms with E-state index < -0.39 is 5.97 Å². The summed E-state index contributed by atoms with van der Waals surface area (Å²) in [6.45, 7) is 0. The van der Waals surface area contributed by atoms with Gasteiger partial charge in [0.1, 0.15) is 5.03 Å². The van der Waals surface area contributed by atoms with E-state index in [1.165, 1.54) is 6.08 Å². The molecule has 0 saturated carbocycles. The second-order valence-electron chi connectivity index (χ2n) is 2.05. The number of aliphatic carboxylic acids is 1. The number of halogens is 1. The average Bonchev–Trinajstić information content (AvgIpc) is 2.06. The summed E-state index contributed by atoms with van der Waals surface area (Å²) < 4.78 is 0. The van der Waals surface area contributed by atoms with Gasteiger partial charge in [0.05, 0.1) is 5.69 Å². The Bertz CT molecular complexity index is 308. The first kappa shape index (κ1) is 8.74. The van der Waals surface area contributed by atoms with Crippen LogP contribution in [-0.4, -0.2) is 16.1 Å². The Labute approximate surface area is 74.3 Å². The zero-order chi connectivity index (χ0) is 8.97. The first-order valence-corrected chi connectivity index (χ1v) is 3.59. The highest BCUT2D eigenvalue weighted by atomic mass is 35.5. The van der Waals surface area contributed by atoms with Gasteiger partial charge in [-0.25, -0.2) is 4.79 Å². The zero-order valence-electron chi connectivity index (χ0n) is 6.07. The SMILES string of the molecule is O=C(O)/C(Cl)=C/c1ccccn1. The molecule has 1 aromatic rings. The standard InChI is InChI=1S/C8H6ClNO2/c9-7(8(11)12)5-6-3-1-2-4-10-6/h1-5H,(H,11,12)/b7-5-. The summed E-state index contributed by atoms with van der Waals surface area (Å²) in [5.74, 6) is -1.15. The van der Waals surface area contributed by atoms with Crippen molar-refractivity contribution in [1.82, 2.24) is 4.98 Å². The first-order valence-electron chi connectivity index (χ1n) is 3.21. The molecule has 1 rings (SSSR count). The third-order valence-corrected chi connectivity index (χ3v) is 1.44. The number of carboxylic acids is 1. The summed E-state index contributed by atoms with van der Waals surface area (Å²) in [5, 5.41) is 8.17. The van der Waals surface area contributed by atoms with Crippen molar-refractivity contribution >= 4 is 23.6 Å². The molecule has 0 fully saturated rings. The van der Waals surface area contributed by atoms with Crippen LogP contribution in [0.3, 0.4) is 0 Å². The van der Waals surface area contributed by atoms with Crippen LogP contribution in [0.2, 0.25) is 0 Å². The summed E-state index contributed by atoms with van der Waals surface area (Å²) in [4.78, 5) is 14.2. The number of carbonyl (C=O) groups is 1. The molecule has 62 valence electrons. The Morgan fingerprint density at radius 2 is 2.33 bits per heavy atom. The van der Waals surface area contributed by atoms with E-state index in [9.17, 15) is 4.79 Å². The number of nitrogens with zero attached hydrogens (tertiary/aromatic N) is 1. The molecular weight excluding hydrogens is 178 g/mol. The Kier molecular flexibility index (Phi) is 2.82. The van der Waals surface area contributed by atoms with Gasteiger partial charge in [-0.15, -0.1) is 0 Å². The van der Waals surface area contributed by atoms with E-state index >= 15 is 0 Å². The maximum Gasteiger partial charge on any atom is 0.347 e. The predicted molar refractivity (Wildman–Crippen MR) is 45.7 cm³/mol. The van der Waals surface area contributed by atoms with Crippen molar-refractivity contribution < 1.29 is 9.90 Å². The summed E-state index contributed by atoms with van der Waals surface area (Å²) in [6, 6.07) is 5.17. The highest BCUT2D eigenvalue weighted by Gasteiger charge is 2.01. The van der Waals surface area contributed by atoms with E-state index in [0.29, 0.717) is 5.69 Å². The molecule has 1 aromatic heterocycles. The van der Waals surface area contributed by atoms with Crippen LogP contribution >= 0.6 is 11.6 Å². The number of carboxylic acid groups (broad SMARTS) is 1. The van der Waals surface area contributed by atoms with E-state index in [1.807, 2.05) is 0 Å². The third-order valence-electron chi connectivity index (χ3n) is 1.17. The average molecular weight is 184 g/mol. The van der Waals surface area contributed by atoms with Gasteiger partial charge in [0.2, 0.25) is 0 Å². The molecule has 0 aliphatic heterocycles. The van der Waals surface area contributed by atoms with Crippen molar-refractivity contribution in [3.63, 3.8) is 0 Å². The van der Waals surface area contributed by atoms with Gasteiger partial charge in [-0.05, 0) is 18.2 Å². The highest BCUT2D eigenvalue weighted by molar-refractivity contribution is 6.42. The molecule has 0 spiro atoms. The molecule has 0 unspecified atom stereocenters. The smallest absolute Gasteiger partial charge is 0.347 e. The number of aromatic nitrogens is 1. The van der Waals surface area contributed by atoms with Crippen LogP contribution in [0.25, 0.3) is 6.08 Å². The second kappa shape index (κ2) is 3.88. The fourth-order valence-electron chi connectivity index (χ4n) is 0.653. The van der Waals surface area contributed by atoms with Crippen molar-refractivity contribution in [2.45, 2.75) is 0 Å². The summed E-state index contributed by atoms with van der Waals surface area (Å²) in [5.41, 5.74) is 0.532. The quantitative estimate of drug-likeness (QED) is 0.711. The van der Waals surface area contributed by atoms with Gasteiger partial charge in [-0.2, -0.15) is 0 Å². The van der Waals surface area contributed by atoms with Crippen LogP contribution in [0.4, 0.5) is 0 Å². The van der Waals surface area contributed by atoms with E-state index in [2.05, 4.69) is 4.98 Å². The highest BCUT2D eigenvalue weighted by Crippen LogP contribution is 2.07. The molecule has 0 saturated heterocycles. The van der Waals surface area contributed by atoms with Gasteiger partial charge in [0, 0.05) is 6.20 Å². The summed E-state index contributed by atoms with van der Waals surface area (Å²) in [7, 11) is 0. The lowest BCUT2D eigenvalue weighted by Gasteiger charge is -1.91. The van der Waals surface area contributed by atoms with E-state index in [4.69, 9.17) is 16.7 Å². The minimum Gasteiger partial charge on any atom is -0.477 e. The molecule has 4 heteroatoms. The molecule has 3 nitrogen and oxygen atoms in total. The van der Waals surface area contributed by atoms with Crippen molar-refractivity contribution in [2.75, 3.05) is 0 Å². The van der Waals surface area contributed by atoms with Gasteiger partial charge >= 0.3 is 5.97 Å². The van der Waals surface area contributed by atoms with Crippen LogP contribution in [0, 0.1) is 0 Å². The van der Waals surface area contributed by atoms with Crippen LogP contribution in [0.1, 0.15) is 5.69 Å². The minimum atomic E-state index is -1.15. The van der Waals surface area contributed by atoms with Gasteiger partial charge in [-0.3, -0.25) is 4.98 Å². The normalized spacial score (nSPS) is 11.2. The first-order chi connectivity index (χ1) is 5.70. The maximum absolute atomic E-state index is 10.3. The third kappa shape index (κ3) is 2.36. The van der Waals surface area contributed by atoms with Crippen molar-refractivity contribution in [3.05, 3.63) is 35.1 Å². The molecule has 0 bridgehead atoms. The van der Waals surface area contributed by atoms with E-state index in [-0.39, 0.29) is 5.03 Å². The van der Waals surface area contributed by atoms with Crippen molar-refractivity contribution in [3.8, 4) is 0 Å². The Morgan fingerprint density at radius 1 is 1.58 bits per heavy atom. The molecule has 0 atom stereocenters. The number of pyridine rings is 1. The van der Waals surface area contributed by atoms with Gasteiger partial charge in [-0.1, -0.05) is 17.7 Å². The molecule has 12 heavy (non-hydrogen) atoms. The molecule has 0 amide bonds. The molecule has 0 aliphatic rings. The van der Waals surface area contributed by atoms with Crippen LogP contribution < -0.4 is 0 Å². The molecule has 0 radical (unpaired) electrons. The van der Waals surface area contributed by atoms with Crippen molar-refractivity contribution in [2.24, 2.45) is 0 Å². The monoisotopic (exact) mass is 183 g/mol. The molecule has 0 aromatic carbocycles. The van der Waals surface area contributed by atoms with E-state index in [0.717, 1.165) is 0 Å². The largest absolute Gasteiger partial charge is 0.477 e. The second-order valence-corrected chi connectivity index (χ2v) is 2.46. The molecule has 1 heterocycles. The number of hydrogen-bond acceptors (Lipinski definition) is 2. The lowest BCUT2D eigenvalue weighted by Crippen LogP contribution is -1.93. The van der Waals surface area contributed by atoms with Crippen molar-refractivity contribution in [1.29, 1.82) is 0 Å². The molecular formula is C8H6ClNO2. The fraction of sp³-hybridized carbons (Fsp3) is 0. The topological polar surface area (TPSA) is 50.2 Å².